The van der Waals surface area contributed by atoms with Crippen LogP contribution >= 0.6 is 11.3 Å². The summed E-state index contributed by atoms with van der Waals surface area (Å²) in [5.74, 6) is 1.48. The van der Waals surface area contributed by atoms with Crippen LogP contribution in [-0.4, -0.2) is 36.6 Å². The highest BCUT2D eigenvalue weighted by atomic mass is 32.1. The molecule has 0 aliphatic heterocycles. The minimum Gasteiger partial charge on any atom is -0.497 e. The molecule has 0 radical (unpaired) electrons. The normalized spacial score (nSPS) is 11.8. The molecule has 6 nitrogen and oxygen atoms in total. The smallest absolute Gasteiger partial charge is 0.206 e. The monoisotopic (exact) mass is 444 g/mol. The molecule has 0 atom stereocenters. The Kier molecular flexibility index (Phi) is 7.09. The first-order valence-corrected chi connectivity index (χ1v) is 11.1. The van der Waals surface area contributed by atoms with E-state index in [0.717, 1.165) is 39.7 Å². The topological polar surface area (TPSA) is 61.0 Å². The Hall–Kier alpha value is -3.71. The molecule has 4 rings (SSSR count). The predicted octanol–water partition coefficient (Wildman–Crippen LogP) is 4.65. The van der Waals surface area contributed by atoms with Gasteiger partial charge in [0.25, 0.3) is 0 Å². The van der Waals surface area contributed by atoms with Gasteiger partial charge in [0.05, 0.1) is 31.8 Å². The van der Waals surface area contributed by atoms with E-state index in [1.807, 2.05) is 64.7 Å². The third-order valence-corrected chi connectivity index (χ3v) is 5.71. The fourth-order valence-corrected chi connectivity index (χ4v) is 4.07. The molecule has 162 valence electrons. The van der Waals surface area contributed by atoms with Crippen molar-refractivity contribution in [2.75, 3.05) is 20.8 Å². The van der Waals surface area contributed by atoms with E-state index >= 15 is 0 Å². The lowest BCUT2D eigenvalue weighted by molar-refractivity contribution is 0.404. The van der Waals surface area contributed by atoms with Crippen molar-refractivity contribution in [2.45, 2.75) is 6.42 Å². The van der Waals surface area contributed by atoms with Crippen molar-refractivity contribution in [1.82, 2.24) is 9.66 Å². The van der Waals surface area contributed by atoms with Gasteiger partial charge >= 0.3 is 0 Å². The molecule has 2 heterocycles. The molecule has 0 amide bonds. The molecule has 0 aliphatic carbocycles. The van der Waals surface area contributed by atoms with Crippen LogP contribution in [0.4, 0.5) is 0 Å². The zero-order valence-corrected chi connectivity index (χ0v) is 18.8. The van der Waals surface area contributed by atoms with Crippen molar-refractivity contribution in [3.8, 4) is 22.8 Å². The van der Waals surface area contributed by atoms with Crippen LogP contribution in [0.25, 0.3) is 11.3 Å². The van der Waals surface area contributed by atoms with E-state index in [0.29, 0.717) is 6.54 Å². The Balaban J connectivity index is 1.75. The van der Waals surface area contributed by atoms with Crippen molar-refractivity contribution < 1.29 is 9.47 Å². The average Bonchev–Trinajstić information content (AvgIpc) is 3.26. The van der Waals surface area contributed by atoms with Crippen LogP contribution in [0.1, 0.15) is 11.3 Å². The second kappa shape index (κ2) is 10.5. The van der Waals surface area contributed by atoms with Crippen LogP contribution in [0.3, 0.4) is 0 Å². The van der Waals surface area contributed by atoms with Gasteiger partial charge in [-0.3, -0.25) is 9.98 Å². The molecule has 2 aromatic carbocycles. The van der Waals surface area contributed by atoms with Crippen LogP contribution in [0.2, 0.25) is 0 Å². The van der Waals surface area contributed by atoms with Gasteiger partial charge in [0.2, 0.25) is 4.80 Å². The number of methoxy groups -OCH3 is 2. The van der Waals surface area contributed by atoms with Gasteiger partial charge < -0.3 is 9.47 Å². The molecular formula is C25H24N4O2S. The molecule has 0 N–H and O–H groups in total. The fourth-order valence-electron chi connectivity index (χ4n) is 3.21. The highest BCUT2D eigenvalue weighted by Gasteiger charge is 2.14. The summed E-state index contributed by atoms with van der Waals surface area (Å²) in [5, 5.41) is 6.75. The number of hydrogen-bond donors (Lipinski definition) is 0. The molecule has 0 spiro atoms. The maximum Gasteiger partial charge on any atom is 0.206 e. The third kappa shape index (κ3) is 5.12. The van der Waals surface area contributed by atoms with E-state index in [9.17, 15) is 0 Å². The Morgan fingerprint density at radius 2 is 1.84 bits per heavy atom. The number of benzene rings is 2. The Labute approximate surface area is 191 Å². The molecular weight excluding hydrogens is 420 g/mol. The second-order valence-corrected chi connectivity index (χ2v) is 7.73. The molecule has 0 unspecified atom stereocenters. The van der Waals surface area contributed by atoms with Crippen molar-refractivity contribution in [3.63, 3.8) is 0 Å². The average molecular weight is 445 g/mol. The molecule has 2 aromatic heterocycles. The van der Waals surface area contributed by atoms with Crippen LogP contribution in [-0.2, 0) is 6.42 Å². The first kappa shape index (κ1) is 21.5. The lowest BCUT2D eigenvalue weighted by Gasteiger charge is -2.11. The van der Waals surface area contributed by atoms with E-state index in [1.165, 1.54) is 16.9 Å². The summed E-state index contributed by atoms with van der Waals surface area (Å²) in [7, 11) is 3.31. The van der Waals surface area contributed by atoms with E-state index in [4.69, 9.17) is 19.6 Å². The molecule has 32 heavy (non-hydrogen) atoms. The number of nitrogens with zero attached hydrogens (tertiary/aromatic N) is 4. The Bertz CT molecular complexity index is 1250. The van der Waals surface area contributed by atoms with E-state index < -0.39 is 0 Å². The van der Waals surface area contributed by atoms with Gasteiger partial charge in [-0.2, -0.15) is 5.10 Å². The van der Waals surface area contributed by atoms with Gasteiger partial charge in [-0.05, 0) is 42.3 Å². The summed E-state index contributed by atoms with van der Waals surface area (Å²) in [5.41, 5.74) is 3.78. The Morgan fingerprint density at radius 3 is 2.59 bits per heavy atom. The minimum atomic E-state index is 0.665. The van der Waals surface area contributed by atoms with E-state index in [-0.39, 0.29) is 0 Å². The van der Waals surface area contributed by atoms with Gasteiger partial charge in [0.15, 0.2) is 0 Å². The van der Waals surface area contributed by atoms with Crippen LogP contribution in [0, 0.1) is 0 Å². The van der Waals surface area contributed by atoms with Crippen molar-refractivity contribution in [3.05, 3.63) is 94.4 Å². The molecule has 0 saturated carbocycles. The van der Waals surface area contributed by atoms with Gasteiger partial charge in [-0.15, -0.1) is 11.3 Å². The van der Waals surface area contributed by atoms with Crippen LogP contribution < -0.4 is 14.3 Å². The zero-order valence-electron chi connectivity index (χ0n) is 18.0. The second-order valence-electron chi connectivity index (χ2n) is 6.90. The first-order valence-electron chi connectivity index (χ1n) is 10.2. The lowest BCUT2D eigenvalue weighted by atomic mass is 10.1. The first-order chi connectivity index (χ1) is 15.8. The molecule has 0 aliphatic rings. The highest BCUT2D eigenvalue weighted by Crippen LogP contribution is 2.33. The van der Waals surface area contributed by atoms with Crippen molar-refractivity contribution in [1.29, 1.82) is 0 Å². The van der Waals surface area contributed by atoms with Crippen molar-refractivity contribution in [2.24, 2.45) is 10.1 Å². The largest absolute Gasteiger partial charge is 0.497 e. The molecule has 7 heteroatoms. The molecule has 0 saturated heterocycles. The van der Waals surface area contributed by atoms with E-state index in [1.54, 1.807) is 26.6 Å². The summed E-state index contributed by atoms with van der Waals surface area (Å²) in [6.45, 7) is 0.665. The Morgan fingerprint density at radius 1 is 1.00 bits per heavy atom. The maximum absolute atomic E-state index is 5.61. The SMILES string of the molecule is COc1ccc(OC)c(-c2csc(=NCCc3ccccc3)n2N=Cc2ccccn2)c1. The van der Waals surface area contributed by atoms with Gasteiger partial charge in [-0.1, -0.05) is 36.4 Å². The summed E-state index contributed by atoms with van der Waals surface area (Å²) < 4.78 is 12.9. The van der Waals surface area contributed by atoms with Crippen LogP contribution in [0.15, 0.2) is 88.4 Å². The van der Waals surface area contributed by atoms with Gasteiger partial charge in [0.1, 0.15) is 11.5 Å². The van der Waals surface area contributed by atoms with Gasteiger partial charge in [-0.25, -0.2) is 4.68 Å². The van der Waals surface area contributed by atoms with Crippen molar-refractivity contribution >= 4 is 17.6 Å². The summed E-state index contributed by atoms with van der Waals surface area (Å²) in [4.78, 5) is 9.97. The van der Waals surface area contributed by atoms with Crippen LogP contribution in [0.5, 0.6) is 11.5 Å². The molecule has 4 aromatic rings. The number of rotatable bonds is 8. The summed E-state index contributed by atoms with van der Waals surface area (Å²) >= 11 is 1.54. The highest BCUT2D eigenvalue weighted by molar-refractivity contribution is 7.07. The number of ether oxygens (including phenoxy) is 2. The quantitative estimate of drug-likeness (QED) is 0.372. The minimum absolute atomic E-state index is 0.665. The molecule has 0 fully saturated rings. The number of aromatic nitrogens is 2. The fraction of sp³-hybridized carbons (Fsp3) is 0.160. The number of pyridine rings is 1. The van der Waals surface area contributed by atoms with Gasteiger partial charge in [0, 0.05) is 23.7 Å². The third-order valence-electron chi connectivity index (χ3n) is 4.85. The lowest BCUT2D eigenvalue weighted by Crippen LogP contribution is -2.13. The molecule has 0 bridgehead atoms. The maximum atomic E-state index is 5.61. The predicted molar refractivity (Wildman–Crippen MR) is 129 cm³/mol. The summed E-state index contributed by atoms with van der Waals surface area (Å²) in [6.07, 6.45) is 4.34. The number of hydrogen-bond acceptors (Lipinski definition) is 6. The van der Waals surface area contributed by atoms with E-state index in [2.05, 4.69) is 17.1 Å². The standard InChI is InChI=1S/C25H24N4O2S/c1-30-21-11-12-24(31-2)22(16-21)23-18-32-25(27-15-13-19-8-4-3-5-9-19)29(23)28-17-20-10-6-7-14-26-20/h3-12,14,16-18H,13,15H2,1-2H3. The number of thiazole rings is 1. The zero-order chi connectivity index (χ0) is 22.2. The summed E-state index contributed by atoms with van der Waals surface area (Å²) in [6, 6.07) is 21.8.